The molecule has 2 fully saturated rings. The second-order valence-corrected chi connectivity index (χ2v) is 6.61. The maximum absolute atomic E-state index is 13.1. The molecule has 2 aliphatic carbocycles. The molecule has 2 rings (SSSR count). The molecule has 148 valence electrons. The van der Waals surface area contributed by atoms with Crippen LogP contribution in [0.3, 0.4) is 0 Å². The van der Waals surface area contributed by atoms with E-state index in [9.17, 15) is 28.8 Å². The van der Waals surface area contributed by atoms with E-state index in [0.717, 1.165) is 28.4 Å². The molecule has 10 nitrogen and oxygen atoms in total. The predicted octanol–water partition coefficient (Wildman–Crippen LogP) is -0.781. The molecule has 0 N–H and O–H groups in total. The summed E-state index contributed by atoms with van der Waals surface area (Å²) < 4.78 is 18.7. The third-order valence-electron chi connectivity index (χ3n) is 5.41. The Hall–Kier alpha value is -2.78. The van der Waals surface area contributed by atoms with E-state index in [4.69, 9.17) is 9.47 Å². The topological polar surface area (TPSA) is 139 Å². The molecule has 0 spiro atoms. The van der Waals surface area contributed by atoms with Gasteiger partial charge in [0.1, 0.15) is 22.7 Å². The molecule has 0 aromatic carbocycles. The van der Waals surface area contributed by atoms with E-state index in [-0.39, 0.29) is 0 Å². The minimum absolute atomic E-state index is 0.544. The van der Waals surface area contributed by atoms with Crippen LogP contribution in [0.2, 0.25) is 0 Å². The lowest BCUT2D eigenvalue weighted by Crippen LogP contribution is -2.65. The third kappa shape index (κ3) is 2.79. The van der Waals surface area contributed by atoms with Gasteiger partial charge in [0.15, 0.2) is 11.6 Å². The Morgan fingerprint density at radius 1 is 0.704 bits per heavy atom. The van der Waals surface area contributed by atoms with Gasteiger partial charge in [-0.2, -0.15) is 0 Å². The van der Waals surface area contributed by atoms with Crippen LogP contribution in [0.15, 0.2) is 0 Å². The van der Waals surface area contributed by atoms with Gasteiger partial charge in [0.2, 0.25) is 0 Å². The van der Waals surface area contributed by atoms with Gasteiger partial charge in [-0.1, -0.05) is 0 Å². The predicted molar refractivity (Wildman–Crippen MR) is 83.8 cm³/mol. The van der Waals surface area contributed by atoms with Crippen molar-refractivity contribution in [3.05, 3.63) is 0 Å². The fourth-order valence-corrected chi connectivity index (χ4v) is 4.15. The SMILES string of the molecule is COC(=O)[C@@H]1C[C@@]2(C(=O)OC)C[C@](C(=O)OC)(C[C@@H](C(=O)OC)C2=O)C1=O. The van der Waals surface area contributed by atoms with Crippen LogP contribution in [0.25, 0.3) is 0 Å². The summed E-state index contributed by atoms with van der Waals surface area (Å²) in [6.07, 6.45) is -1.66. The summed E-state index contributed by atoms with van der Waals surface area (Å²) in [4.78, 5) is 75.5. The molecule has 27 heavy (non-hydrogen) atoms. The van der Waals surface area contributed by atoms with E-state index in [2.05, 4.69) is 9.47 Å². The van der Waals surface area contributed by atoms with E-state index >= 15 is 0 Å². The Kier molecular flexibility index (Phi) is 5.39. The lowest BCUT2D eigenvalue weighted by molar-refractivity contribution is -0.188. The molecule has 0 saturated heterocycles. The Morgan fingerprint density at radius 3 is 1.30 bits per heavy atom. The highest BCUT2D eigenvalue weighted by molar-refractivity contribution is 6.21. The normalized spacial score (nSPS) is 32.3. The summed E-state index contributed by atoms with van der Waals surface area (Å²) in [7, 11) is 4.12. The number of rotatable bonds is 4. The highest BCUT2D eigenvalue weighted by atomic mass is 16.5. The average Bonchev–Trinajstić information content (AvgIpc) is 2.69. The number of fused-ring (bicyclic) bond motifs is 2. The summed E-state index contributed by atoms with van der Waals surface area (Å²) in [6.45, 7) is 0. The first kappa shape index (κ1) is 20.5. The third-order valence-corrected chi connectivity index (χ3v) is 5.41. The van der Waals surface area contributed by atoms with Crippen molar-refractivity contribution >= 4 is 35.4 Å². The van der Waals surface area contributed by atoms with Crippen molar-refractivity contribution in [1.29, 1.82) is 0 Å². The smallest absolute Gasteiger partial charge is 0.319 e. The van der Waals surface area contributed by atoms with Crippen molar-refractivity contribution in [3.63, 3.8) is 0 Å². The Balaban J connectivity index is 2.75. The van der Waals surface area contributed by atoms with Crippen LogP contribution >= 0.6 is 0 Å². The fourth-order valence-electron chi connectivity index (χ4n) is 4.15. The molecule has 2 bridgehead atoms. The summed E-state index contributed by atoms with van der Waals surface area (Å²) in [5, 5.41) is 0. The molecule has 0 aromatic rings. The van der Waals surface area contributed by atoms with Crippen LogP contribution in [-0.4, -0.2) is 63.9 Å². The van der Waals surface area contributed by atoms with Gasteiger partial charge in [0.05, 0.1) is 28.4 Å². The Bertz CT molecular complexity index is 665. The first-order valence-electron chi connectivity index (χ1n) is 8.06. The highest BCUT2D eigenvalue weighted by Gasteiger charge is 2.71. The zero-order valence-corrected chi connectivity index (χ0v) is 15.4. The fraction of sp³-hybridized carbons (Fsp3) is 0.647. The molecule has 0 aromatic heterocycles. The van der Waals surface area contributed by atoms with Crippen molar-refractivity contribution in [2.24, 2.45) is 22.7 Å². The zero-order valence-electron chi connectivity index (χ0n) is 15.4. The number of esters is 4. The van der Waals surface area contributed by atoms with Crippen molar-refractivity contribution in [1.82, 2.24) is 0 Å². The maximum Gasteiger partial charge on any atom is 0.319 e. The van der Waals surface area contributed by atoms with Crippen LogP contribution in [0.1, 0.15) is 19.3 Å². The molecular formula is C17H20O10. The molecule has 2 saturated carbocycles. The Morgan fingerprint density at radius 2 is 1.04 bits per heavy atom. The van der Waals surface area contributed by atoms with Crippen molar-refractivity contribution in [2.45, 2.75) is 19.3 Å². The van der Waals surface area contributed by atoms with Gasteiger partial charge in [-0.3, -0.25) is 28.8 Å². The number of carbonyl (C=O) groups excluding carboxylic acids is 6. The van der Waals surface area contributed by atoms with E-state index in [1.165, 1.54) is 0 Å². The van der Waals surface area contributed by atoms with Gasteiger partial charge in [-0.15, -0.1) is 0 Å². The molecule has 0 aliphatic heterocycles. The maximum atomic E-state index is 13.1. The van der Waals surface area contributed by atoms with Gasteiger partial charge < -0.3 is 18.9 Å². The number of methoxy groups -OCH3 is 4. The van der Waals surface area contributed by atoms with Crippen LogP contribution in [0.5, 0.6) is 0 Å². The second-order valence-electron chi connectivity index (χ2n) is 6.61. The molecule has 4 atom stereocenters. The van der Waals surface area contributed by atoms with Crippen molar-refractivity contribution < 1.29 is 47.7 Å². The molecule has 0 radical (unpaired) electrons. The van der Waals surface area contributed by atoms with E-state index in [1.54, 1.807) is 0 Å². The van der Waals surface area contributed by atoms with E-state index in [0.29, 0.717) is 0 Å². The second kappa shape index (κ2) is 7.09. The monoisotopic (exact) mass is 384 g/mol. The summed E-state index contributed by atoms with van der Waals surface area (Å²) >= 11 is 0. The van der Waals surface area contributed by atoms with Gasteiger partial charge in [-0.05, 0) is 19.3 Å². The number of carbonyl (C=O) groups is 6. The van der Waals surface area contributed by atoms with Gasteiger partial charge in [0, 0.05) is 0 Å². The largest absolute Gasteiger partial charge is 0.468 e. The molecular weight excluding hydrogens is 364 g/mol. The summed E-state index contributed by atoms with van der Waals surface area (Å²) in [5.74, 6) is -8.90. The number of ether oxygens (including phenoxy) is 4. The number of ketones is 2. The highest BCUT2D eigenvalue weighted by Crippen LogP contribution is 2.57. The molecule has 0 heterocycles. The number of Topliss-reactive ketones (excluding diaryl/α,β-unsaturated/α-hetero) is 2. The minimum Gasteiger partial charge on any atom is -0.468 e. The summed E-state index contributed by atoms with van der Waals surface area (Å²) in [6, 6.07) is 0. The zero-order chi connectivity index (χ0) is 20.6. The van der Waals surface area contributed by atoms with E-state index < -0.39 is 77.4 Å². The molecule has 2 aliphatic rings. The van der Waals surface area contributed by atoms with E-state index in [1.807, 2.05) is 0 Å². The molecule has 0 amide bonds. The van der Waals surface area contributed by atoms with Gasteiger partial charge in [-0.25, -0.2) is 0 Å². The average molecular weight is 384 g/mol. The van der Waals surface area contributed by atoms with Crippen LogP contribution in [0.4, 0.5) is 0 Å². The quantitative estimate of drug-likeness (QED) is 0.344. The first-order valence-corrected chi connectivity index (χ1v) is 8.06. The Labute approximate surface area is 154 Å². The number of hydrogen-bond acceptors (Lipinski definition) is 10. The molecule has 0 unspecified atom stereocenters. The minimum atomic E-state index is -2.05. The van der Waals surface area contributed by atoms with Crippen molar-refractivity contribution in [3.8, 4) is 0 Å². The lowest BCUT2D eigenvalue weighted by atomic mass is 9.48. The standard InChI is InChI=1S/C17H20O10/c1-24-12(20)8-5-16(14(22)26-3)7-17(10(8)18,15(23)27-4)6-9(11(16)19)13(21)25-2/h8-9H,5-7H2,1-4H3/t8-,9-,16-,17-/m1/s1. The molecule has 10 heteroatoms. The first-order chi connectivity index (χ1) is 12.6. The van der Waals surface area contributed by atoms with Crippen LogP contribution < -0.4 is 0 Å². The summed E-state index contributed by atoms with van der Waals surface area (Å²) in [5.41, 5.74) is -4.10. The van der Waals surface area contributed by atoms with Crippen LogP contribution in [0, 0.1) is 22.7 Å². The van der Waals surface area contributed by atoms with Crippen molar-refractivity contribution in [2.75, 3.05) is 28.4 Å². The lowest BCUT2D eigenvalue weighted by Gasteiger charge is -2.50. The van der Waals surface area contributed by atoms with Gasteiger partial charge >= 0.3 is 23.9 Å². The number of hydrogen-bond donors (Lipinski definition) is 0. The van der Waals surface area contributed by atoms with Crippen LogP contribution in [-0.2, 0) is 47.7 Å². The van der Waals surface area contributed by atoms with Gasteiger partial charge in [0.25, 0.3) is 0 Å².